The number of benzene rings is 1. The lowest BCUT2D eigenvalue weighted by atomic mass is 9.91. The highest BCUT2D eigenvalue weighted by Gasteiger charge is 2.24. The van der Waals surface area contributed by atoms with E-state index in [1.54, 1.807) is 0 Å². The molecule has 1 atom stereocenters. The summed E-state index contributed by atoms with van der Waals surface area (Å²) in [5.41, 5.74) is 7.45. The zero-order valence-electron chi connectivity index (χ0n) is 11.2. The molecule has 2 rings (SSSR count). The second-order valence-corrected chi connectivity index (χ2v) is 5.07. The molecule has 4 N–H and O–H groups in total. The fourth-order valence-electron chi connectivity index (χ4n) is 2.64. The number of piperidine rings is 1. The molecule has 104 valence electrons. The molecule has 5 heteroatoms. The van der Waals surface area contributed by atoms with Crippen LogP contribution in [-0.2, 0) is 0 Å². The van der Waals surface area contributed by atoms with E-state index in [1.807, 2.05) is 31.2 Å². The third-order valence-electron chi connectivity index (χ3n) is 3.85. The van der Waals surface area contributed by atoms with E-state index in [2.05, 4.69) is 10.1 Å². The average molecular weight is 263 g/mol. The summed E-state index contributed by atoms with van der Waals surface area (Å²) in [6.45, 7) is 3.61. The quantitative estimate of drug-likeness (QED) is 0.333. The lowest BCUT2D eigenvalue weighted by molar-refractivity contribution is 0.110. The van der Waals surface area contributed by atoms with Gasteiger partial charge in [-0.25, -0.2) is 0 Å². The SMILES string of the molecule is CC(O)C1CCN(c2ccccc2/C(N)=N/O)CC1. The predicted molar refractivity (Wildman–Crippen MR) is 75.6 cm³/mol. The van der Waals surface area contributed by atoms with E-state index in [1.165, 1.54) is 0 Å². The van der Waals surface area contributed by atoms with Gasteiger partial charge in [0.2, 0.25) is 0 Å². The van der Waals surface area contributed by atoms with Crippen LogP contribution in [0.25, 0.3) is 0 Å². The molecule has 0 amide bonds. The normalized spacial score (nSPS) is 19.5. The Bertz CT molecular complexity index is 452. The number of hydrogen-bond acceptors (Lipinski definition) is 4. The maximum Gasteiger partial charge on any atom is 0.172 e. The van der Waals surface area contributed by atoms with Gasteiger partial charge in [-0.2, -0.15) is 0 Å². The van der Waals surface area contributed by atoms with Crippen LogP contribution in [0.3, 0.4) is 0 Å². The molecule has 0 aromatic heterocycles. The lowest BCUT2D eigenvalue weighted by Gasteiger charge is -2.35. The van der Waals surface area contributed by atoms with Gasteiger partial charge >= 0.3 is 0 Å². The van der Waals surface area contributed by atoms with Crippen LogP contribution in [0.5, 0.6) is 0 Å². The van der Waals surface area contributed by atoms with E-state index in [0.29, 0.717) is 5.92 Å². The van der Waals surface area contributed by atoms with Crippen molar-refractivity contribution in [2.45, 2.75) is 25.9 Å². The smallest absolute Gasteiger partial charge is 0.172 e. The highest BCUT2D eigenvalue weighted by atomic mass is 16.4. The number of hydrogen-bond donors (Lipinski definition) is 3. The largest absolute Gasteiger partial charge is 0.409 e. The maximum absolute atomic E-state index is 9.62. The molecule has 19 heavy (non-hydrogen) atoms. The van der Waals surface area contributed by atoms with E-state index in [4.69, 9.17) is 10.9 Å². The lowest BCUT2D eigenvalue weighted by Crippen LogP contribution is -2.38. The number of rotatable bonds is 3. The Morgan fingerprint density at radius 1 is 1.37 bits per heavy atom. The van der Waals surface area contributed by atoms with Gasteiger partial charge in [-0.3, -0.25) is 0 Å². The molecule has 0 spiro atoms. The van der Waals surface area contributed by atoms with Crippen LogP contribution >= 0.6 is 0 Å². The molecule has 0 radical (unpaired) electrons. The van der Waals surface area contributed by atoms with Crippen molar-refractivity contribution in [2.24, 2.45) is 16.8 Å². The first-order valence-electron chi connectivity index (χ1n) is 6.63. The first kappa shape index (κ1) is 13.7. The molecule has 1 aromatic rings. The first-order chi connectivity index (χ1) is 9.13. The van der Waals surface area contributed by atoms with Crippen molar-refractivity contribution in [3.63, 3.8) is 0 Å². The Hall–Kier alpha value is -1.75. The summed E-state index contributed by atoms with van der Waals surface area (Å²) in [5.74, 6) is 0.500. The van der Waals surface area contributed by atoms with Gasteiger partial charge in [0.25, 0.3) is 0 Å². The molecule has 1 unspecified atom stereocenters. The second kappa shape index (κ2) is 5.93. The number of oxime groups is 1. The second-order valence-electron chi connectivity index (χ2n) is 5.07. The van der Waals surface area contributed by atoms with Crippen molar-refractivity contribution in [3.05, 3.63) is 29.8 Å². The summed E-state index contributed by atoms with van der Waals surface area (Å²) >= 11 is 0. The number of para-hydroxylation sites is 1. The van der Waals surface area contributed by atoms with Crippen LogP contribution in [0.4, 0.5) is 5.69 Å². The average Bonchev–Trinajstić information content (AvgIpc) is 2.46. The van der Waals surface area contributed by atoms with Gasteiger partial charge in [0.05, 0.1) is 6.10 Å². The van der Waals surface area contributed by atoms with Crippen LogP contribution in [0.15, 0.2) is 29.4 Å². The monoisotopic (exact) mass is 263 g/mol. The van der Waals surface area contributed by atoms with Gasteiger partial charge in [-0.1, -0.05) is 17.3 Å². The minimum absolute atomic E-state index is 0.133. The van der Waals surface area contributed by atoms with Crippen LogP contribution < -0.4 is 10.6 Å². The van der Waals surface area contributed by atoms with E-state index >= 15 is 0 Å². The Kier molecular flexibility index (Phi) is 4.27. The van der Waals surface area contributed by atoms with Crippen molar-refractivity contribution in [1.82, 2.24) is 0 Å². The minimum Gasteiger partial charge on any atom is -0.409 e. The third kappa shape index (κ3) is 2.98. The van der Waals surface area contributed by atoms with Crippen molar-refractivity contribution in [1.29, 1.82) is 0 Å². The van der Waals surface area contributed by atoms with E-state index in [-0.39, 0.29) is 11.9 Å². The minimum atomic E-state index is -0.249. The first-order valence-corrected chi connectivity index (χ1v) is 6.63. The van der Waals surface area contributed by atoms with Gasteiger partial charge in [0.1, 0.15) is 0 Å². The molecule has 1 aromatic carbocycles. The van der Waals surface area contributed by atoms with Crippen LogP contribution in [0, 0.1) is 5.92 Å². The Morgan fingerprint density at radius 2 is 2.00 bits per heavy atom. The zero-order valence-corrected chi connectivity index (χ0v) is 11.2. The Balaban J connectivity index is 2.16. The maximum atomic E-state index is 9.62. The summed E-state index contributed by atoms with van der Waals surface area (Å²) < 4.78 is 0. The number of nitrogens with two attached hydrogens (primary N) is 1. The Labute approximate surface area is 113 Å². The molecule has 0 aliphatic carbocycles. The van der Waals surface area contributed by atoms with E-state index in [9.17, 15) is 5.11 Å². The van der Waals surface area contributed by atoms with Gasteiger partial charge in [-0.05, 0) is 37.8 Å². The number of nitrogens with zero attached hydrogens (tertiary/aromatic N) is 2. The Morgan fingerprint density at radius 3 is 2.58 bits per heavy atom. The van der Waals surface area contributed by atoms with Crippen molar-refractivity contribution in [3.8, 4) is 0 Å². The van der Waals surface area contributed by atoms with Crippen molar-refractivity contribution in [2.75, 3.05) is 18.0 Å². The number of amidine groups is 1. The fourth-order valence-corrected chi connectivity index (χ4v) is 2.64. The highest BCUT2D eigenvalue weighted by molar-refractivity contribution is 6.02. The molecule has 1 aliphatic heterocycles. The summed E-state index contributed by atoms with van der Waals surface area (Å²) in [6, 6.07) is 7.66. The summed E-state index contributed by atoms with van der Waals surface area (Å²) in [5, 5.41) is 21.5. The van der Waals surface area contributed by atoms with Crippen LogP contribution in [0.1, 0.15) is 25.3 Å². The molecule has 1 saturated heterocycles. The van der Waals surface area contributed by atoms with E-state index in [0.717, 1.165) is 37.2 Å². The molecule has 0 bridgehead atoms. The number of aliphatic hydroxyl groups excluding tert-OH is 1. The summed E-state index contributed by atoms with van der Waals surface area (Å²) in [4.78, 5) is 2.23. The number of aliphatic hydroxyl groups is 1. The highest BCUT2D eigenvalue weighted by Crippen LogP contribution is 2.27. The van der Waals surface area contributed by atoms with Gasteiger partial charge in [0, 0.05) is 24.3 Å². The third-order valence-corrected chi connectivity index (χ3v) is 3.85. The van der Waals surface area contributed by atoms with Gasteiger partial charge in [-0.15, -0.1) is 0 Å². The van der Waals surface area contributed by atoms with E-state index < -0.39 is 0 Å². The van der Waals surface area contributed by atoms with Crippen molar-refractivity contribution >= 4 is 11.5 Å². The number of anilines is 1. The predicted octanol–water partition coefficient (Wildman–Crippen LogP) is 1.38. The summed E-state index contributed by atoms with van der Waals surface area (Å²) in [6.07, 6.45) is 1.67. The molecule has 1 aliphatic rings. The molecule has 0 saturated carbocycles. The van der Waals surface area contributed by atoms with Gasteiger partial charge < -0.3 is 20.9 Å². The zero-order chi connectivity index (χ0) is 13.8. The molecular formula is C14H21N3O2. The molecule has 5 nitrogen and oxygen atoms in total. The molecular weight excluding hydrogens is 242 g/mol. The summed E-state index contributed by atoms with van der Waals surface area (Å²) in [7, 11) is 0. The van der Waals surface area contributed by atoms with Crippen molar-refractivity contribution < 1.29 is 10.3 Å². The standard InChI is InChI=1S/C14H21N3O2/c1-10(18)11-6-8-17(9-7-11)13-5-3-2-4-12(13)14(15)16-19/h2-5,10-11,18-19H,6-9H2,1H3,(H2,15,16). The molecule has 1 heterocycles. The van der Waals surface area contributed by atoms with Crippen LogP contribution in [0.2, 0.25) is 0 Å². The fraction of sp³-hybridized carbons (Fsp3) is 0.500. The van der Waals surface area contributed by atoms with Gasteiger partial charge in [0.15, 0.2) is 5.84 Å². The topological polar surface area (TPSA) is 82.1 Å². The molecule has 1 fully saturated rings. The van der Waals surface area contributed by atoms with Crippen LogP contribution in [-0.4, -0.2) is 35.3 Å².